The van der Waals surface area contributed by atoms with Crippen LogP contribution in [0.3, 0.4) is 0 Å². The first kappa shape index (κ1) is 9.68. The lowest BCUT2D eigenvalue weighted by Gasteiger charge is -1.87. The number of aldehydes is 1. The lowest BCUT2D eigenvalue weighted by molar-refractivity contribution is -0.104. The molecule has 0 atom stereocenters. The van der Waals surface area contributed by atoms with Crippen molar-refractivity contribution in [3.05, 3.63) is 36.2 Å². The quantitative estimate of drug-likeness (QED) is 0.353. The first-order valence-corrected chi connectivity index (χ1v) is 2.61. The molecule has 0 saturated heterocycles. The first-order valence-electron chi connectivity index (χ1n) is 2.61. The summed E-state index contributed by atoms with van der Waals surface area (Å²) in [4.78, 5) is 9.58. The van der Waals surface area contributed by atoms with Crippen molar-refractivity contribution in [2.24, 2.45) is 0 Å². The number of halogens is 3. The van der Waals surface area contributed by atoms with Crippen molar-refractivity contribution in [3.63, 3.8) is 0 Å². The molecule has 0 fully saturated rings. The Labute approximate surface area is 61.5 Å². The number of carbonyl (C=O) groups is 1. The summed E-state index contributed by atoms with van der Waals surface area (Å²) in [6.45, 7) is 2.58. The van der Waals surface area contributed by atoms with Gasteiger partial charge in [-0.1, -0.05) is 6.58 Å². The second-order valence-electron chi connectivity index (χ2n) is 1.58. The molecular weight excluding hydrogens is 157 g/mol. The van der Waals surface area contributed by atoms with Crippen LogP contribution in [0, 0.1) is 0 Å². The first-order chi connectivity index (χ1) is 5.07. The molecule has 11 heavy (non-hydrogen) atoms. The highest BCUT2D eigenvalue weighted by atomic mass is 19.2. The van der Waals surface area contributed by atoms with Gasteiger partial charge in [0.2, 0.25) is 0 Å². The molecule has 0 unspecified atom stereocenters. The maximum Gasteiger partial charge on any atom is 0.161 e. The van der Waals surface area contributed by atoms with Crippen LogP contribution in [0.15, 0.2) is 36.2 Å². The monoisotopic (exact) mass is 162 g/mol. The van der Waals surface area contributed by atoms with Crippen molar-refractivity contribution in [2.45, 2.75) is 0 Å². The van der Waals surface area contributed by atoms with Crippen molar-refractivity contribution in [1.29, 1.82) is 0 Å². The lowest BCUT2D eigenvalue weighted by atomic mass is 10.4. The summed E-state index contributed by atoms with van der Waals surface area (Å²) in [5.74, 6) is -3.96. The molecule has 0 radical (unpaired) electrons. The predicted octanol–water partition coefficient (Wildman–Crippen LogP) is 2.38. The van der Waals surface area contributed by atoms with Gasteiger partial charge in [-0.2, -0.15) is 0 Å². The van der Waals surface area contributed by atoms with Gasteiger partial charge < -0.3 is 0 Å². The van der Waals surface area contributed by atoms with Crippen LogP contribution >= 0.6 is 0 Å². The van der Waals surface area contributed by atoms with Gasteiger partial charge in [0.1, 0.15) is 12.1 Å². The summed E-state index contributed by atoms with van der Waals surface area (Å²) >= 11 is 0. The molecule has 0 aromatic carbocycles. The third-order valence-corrected chi connectivity index (χ3v) is 0.751. The fourth-order valence-electron chi connectivity index (χ4n) is 0.312. The molecule has 0 heterocycles. The number of hydrogen-bond donors (Lipinski definition) is 0. The summed E-state index contributed by atoms with van der Waals surface area (Å²) < 4.78 is 36.0. The Morgan fingerprint density at radius 1 is 1.27 bits per heavy atom. The Balaban J connectivity index is 4.42. The highest BCUT2D eigenvalue weighted by Crippen LogP contribution is 2.13. The largest absolute Gasteiger partial charge is 0.298 e. The minimum absolute atomic E-state index is 0.125. The van der Waals surface area contributed by atoms with Crippen LogP contribution in [-0.4, -0.2) is 6.29 Å². The Kier molecular flexibility index (Phi) is 3.95. The van der Waals surface area contributed by atoms with E-state index in [1.807, 2.05) is 0 Å². The minimum Gasteiger partial charge on any atom is -0.298 e. The van der Waals surface area contributed by atoms with E-state index < -0.39 is 17.5 Å². The average Bonchev–Trinajstić information content (AvgIpc) is 1.87. The van der Waals surface area contributed by atoms with Gasteiger partial charge in [0.15, 0.2) is 11.7 Å². The molecule has 0 aliphatic heterocycles. The smallest absolute Gasteiger partial charge is 0.161 e. The van der Waals surface area contributed by atoms with E-state index in [-0.39, 0.29) is 12.4 Å². The Morgan fingerprint density at radius 2 is 1.82 bits per heavy atom. The van der Waals surface area contributed by atoms with Crippen molar-refractivity contribution in [1.82, 2.24) is 0 Å². The maximum atomic E-state index is 12.1. The standard InChI is InChI=1S/C7H5F3O/c1-5(8)7(10)4-6(9)2-3-11/h2-4H,1H2/b6-2-,7-4+. The highest BCUT2D eigenvalue weighted by molar-refractivity contribution is 5.66. The summed E-state index contributed by atoms with van der Waals surface area (Å²) in [6.07, 6.45) is 0.819. The molecular formula is C7H5F3O. The zero-order chi connectivity index (χ0) is 8.85. The molecule has 4 heteroatoms. The van der Waals surface area contributed by atoms with Gasteiger partial charge in [0.25, 0.3) is 0 Å². The molecule has 0 spiro atoms. The maximum absolute atomic E-state index is 12.1. The van der Waals surface area contributed by atoms with Crippen molar-refractivity contribution < 1.29 is 18.0 Å². The number of allylic oxidation sites excluding steroid dienone is 5. The van der Waals surface area contributed by atoms with Gasteiger partial charge in [-0.25, -0.2) is 13.2 Å². The molecule has 0 aromatic rings. The summed E-state index contributed by atoms with van der Waals surface area (Å²) in [6, 6.07) is 0. The van der Waals surface area contributed by atoms with Crippen molar-refractivity contribution in [2.75, 3.05) is 0 Å². The molecule has 0 amide bonds. The van der Waals surface area contributed by atoms with Crippen molar-refractivity contribution >= 4 is 6.29 Å². The van der Waals surface area contributed by atoms with E-state index in [0.717, 1.165) is 0 Å². The second-order valence-corrected chi connectivity index (χ2v) is 1.58. The molecule has 60 valence electrons. The normalized spacial score (nSPS) is 13.0. The number of carbonyl (C=O) groups excluding carboxylic acids is 1. The second kappa shape index (κ2) is 4.49. The highest BCUT2D eigenvalue weighted by Gasteiger charge is 1.99. The third kappa shape index (κ3) is 4.13. The molecule has 0 aliphatic carbocycles. The summed E-state index contributed by atoms with van der Waals surface area (Å²) in [5.41, 5.74) is 0. The molecule has 0 aliphatic rings. The Morgan fingerprint density at radius 3 is 2.18 bits per heavy atom. The van der Waals surface area contributed by atoms with Crippen molar-refractivity contribution in [3.8, 4) is 0 Å². The van der Waals surface area contributed by atoms with Crippen LogP contribution in [0.25, 0.3) is 0 Å². The van der Waals surface area contributed by atoms with E-state index in [1.54, 1.807) is 0 Å². The van der Waals surface area contributed by atoms with Crippen LogP contribution in [0.2, 0.25) is 0 Å². The SMILES string of the molecule is C=C(F)/C(F)=C\C(F)=C\C=O. The molecule has 0 rings (SSSR count). The van der Waals surface area contributed by atoms with E-state index in [2.05, 4.69) is 6.58 Å². The van der Waals surface area contributed by atoms with E-state index in [1.165, 1.54) is 0 Å². The van der Waals surface area contributed by atoms with Crippen LogP contribution in [-0.2, 0) is 4.79 Å². The molecule has 0 saturated carbocycles. The fourth-order valence-corrected chi connectivity index (χ4v) is 0.312. The lowest BCUT2D eigenvalue weighted by Crippen LogP contribution is -1.74. The van der Waals surface area contributed by atoms with Gasteiger partial charge in [-0.05, 0) is 0 Å². The van der Waals surface area contributed by atoms with Gasteiger partial charge in [-0.15, -0.1) is 0 Å². The predicted molar refractivity (Wildman–Crippen MR) is 34.7 cm³/mol. The van der Waals surface area contributed by atoms with E-state index >= 15 is 0 Å². The average molecular weight is 162 g/mol. The van der Waals surface area contributed by atoms with Crippen LogP contribution < -0.4 is 0 Å². The zero-order valence-corrected chi connectivity index (χ0v) is 5.48. The number of hydrogen-bond acceptors (Lipinski definition) is 1. The van der Waals surface area contributed by atoms with E-state index in [4.69, 9.17) is 0 Å². The third-order valence-electron chi connectivity index (χ3n) is 0.751. The minimum atomic E-state index is -1.43. The number of rotatable bonds is 3. The Hall–Kier alpha value is -1.32. The van der Waals surface area contributed by atoms with Gasteiger partial charge >= 0.3 is 0 Å². The zero-order valence-electron chi connectivity index (χ0n) is 5.48. The van der Waals surface area contributed by atoms with E-state index in [0.29, 0.717) is 6.08 Å². The molecule has 0 aromatic heterocycles. The van der Waals surface area contributed by atoms with Crippen LogP contribution in [0.5, 0.6) is 0 Å². The fraction of sp³-hybridized carbons (Fsp3) is 0. The topological polar surface area (TPSA) is 17.1 Å². The van der Waals surface area contributed by atoms with Gasteiger partial charge in [-0.3, -0.25) is 4.79 Å². The Bertz CT molecular complexity index is 228. The molecule has 0 bridgehead atoms. The van der Waals surface area contributed by atoms with Gasteiger partial charge in [0, 0.05) is 12.2 Å². The molecule has 1 nitrogen and oxygen atoms in total. The molecule has 0 N–H and O–H groups in total. The van der Waals surface area contributed by atoms with E-state index in [9.17, 15) is 18.0 Å². The van der Waals surface area contributed by atoms with Crippen LogP contribution in [0.1, 0.15) is 0 Å². The van der Waals surface area contributed by atoms with Crippen LogP contribution in [0.4, 0.5) is 13.2 Å². The summed E-state index contributed by atoms with van der Waals surface area (Å²) in [5, 5.41) is 0. The van der Waals surface area contributed by atoms with Gasteiger partial charge in [0.05, 0.1) is 0 Å². The summed E-state index contributed by atoms with van der Waals surface area (Å²) in [7, 11) is 0.